The average molecular weight is 297 g/mol. The molecule has 0 aromatic heterocycles. The van der Waals surface area contributed by atoms with E-state index in [-0.39, 0.29) is 11.8 Å². The molecule has 0 fully saturated rings. The maximum atomic E-state index is 12.0. The second kappa shape index (κ2) is 5.11. The van der Waals surface area contributed by atoms with Gasteiger partial charge in [-0.2, -0.15) is 0 Å². The first kappa shape index (κ1) is 13.3. The molecular weight excluding hydrogens is 286 g/mol. The molecule has 1 aliphatic rings. The first-order chi connectivity index (χ1) is 11.2. The van der Waals surface area contributed by atoms with Crippen LogP contribution in [0.2, 0.25) is 0 Å². The number of hydrogen-bond donors (Lipinski definition) is 1. The highest BCUT2D eigenvalue weighted by Gasteiger charge is 2.25. The molecule has 1 N–H and O–H groups in total. The van der Waals surface area contributed by atoms with Gasteiger partial charge in [0.1, 0.15) is 0 Å². The van der Waals surface area contributed by atoms with E-state index in [0.717, 1.165) is 16.5 Å². The summed E-state index contributed by atoms with van der Waals surface area (Å²) < 4.78 is 0. The molecule has 0 bridgehead atoms. The summed E-state index contributed by atoms with van der Waals surface area (Å²) in [5.41, 5.74) is 2.75. The number of amides is 2. The lowest BCUT2D eigenvalue weighted by Gasteiger charge is -2.17. The van der Waals surface area contributed by atoms with Crippen LogP contribution in [0.1, 0.15) is 31.8 Å². The summed E-state index contributed by atoms with van der Waals surface area (Å²) in [6.45, 7) is 0. The van der Waals surface area contributed by atoms with E-state index in [4.69, 9.17) is 0 Å². The van der Waals surface area contributed by atoms with Gasteiger partial charge in [0.15, 0.2) is 0 Å². The number of hydrogen-bond acceptors (Lipinski definition) is 2. The molecule has 3 nitrogen and oxygen atoms in total. The molecule has 4 rings (SSSR count). The van der Waals surface area contributed by atoms with Gasteiger partial charge in [-0.1, -0.05) is 42.2 Å². The fraction of sp³-hybridized carbons (Fsp3) is 0. The van der Waals surface area contributed by atoms with E-state index in [1.165, 1.54) is 0 Å². The second-order valence-corrected chi connectivity index (χ2v) is 5.29. The van der Waals surface area contributed by atoms with Crippen LogP contribution < -0.4 is 5.32 Å². The molecule has 2 amide bonds. The Morgan fingerprint density at radius 2 is 1.43 bits per heavy atom. The van der Waals surface area contributed by atoms with Crippen LogP contribution in [0.25, 0.3) is 10.8 Å². The Hall–Kier alpha value is -3.38. The largest absolute Gasteiger partial charge is 0.288 e. The normalized spacial score (nSPS) is 12.5. The van der Waals surface area contributed by atoms with Crippen molar-refractivity contribution in [3.8, 4) is 11.8 Å². The van der Waals surface area contributed by atoms with E-state index in [2.05, 4.69) is 17.2 Å². The molecule has 23 heavy (non-hydrogen) atoms. The number of rotatable bonds is 0. The summed E-state index contributed by atoms with van der Waals surface area (Å²) in [4.78, 5) is 24.0. The summed E-state index contributed by atoms with van der Waals surface area (Å²) in [6.07, 6.45) is 0. The van der Waals surface area contributed by atoms with Gasteiger partial charge in [-0.3, -0.25) is 14.9 Å². The molecule has 0 atom stereocenters. The van der Waals surface area contributed by atoms with Gasteiger partial charge in [-0.15, -0.1) is 0 Å². The van der Waals surface area contributed by atoms with Gasteiger partial charge in [0.05, 0.1) is 0 Å². The van der Waals surface area contributed by atoms with Crippen molar-refractivity contribution in [2.24, 2.45) is 0 Å². The third-order valence-electron chi connectivity index (χ3n) is 3.87. The number of imide groups is 1. The Morgan fingerprint density at radius 1 is 0.696 bits per heavy atom. The molecule has 0 radical (unpaired) electrons. The van der Waals surface area contributed by atoms with Gasteiger partial charge in [0.2, 0.25) is 0 Å². The summed E-state index contributed by atoms with van der Waals surface area (Å²) in [6, 6.07) is 18.7. The molecular formula is C20H11NO2. The van der Waals surface area contributed by atoms with E-state index in [1.54, 1.807) is 12.1 Å². The van der Waals surface area contributed by atoms with Crippen molar-refractivity contribution in [1.82, 2.24) is 5.32 Å². The molecule has 0 saturated carbocycles. The van der Waals surface area contributed by atoms with Gasteiger partial charge >= 0.3 is 0 Å². The Labute approximate surface area is 132 Å². The fourth-order valence-corrected chi connectivity index (χ4v) is 2.79. The molecule has 0 unspecified atom stereocenters. The summed E-state index contributed by atoms with van der Waals surface area (Å²) in [5, 5.41) is 3.87. The predicted octanol–water partition coefficient (Wildman–Crippen LogP) is 3.12. The highest BCUT2D eigenvalue weighted by Crippen LogP contribution is 2.28. The van der Waals surface area contributed by atoms with E-state index >= 15 is 0 Å². The van der Waals surface area contributed by atoms with Crippen LogP contribution in [0.5, 0.6) is 0 Å². The Morgan fingerprint density at radius 3 is 2.22 bits per heavy atom. The molecule has 1 heterocycles. The van der Waals surface area contributed by atoms with Crippen molar-refractivity contribution >= 4 is 22.6 Å². The lowest BCUT2D eigenvalue weighted by molar-refractivity contribution is 0.0845. The number of carbonyl (C=O) groups is 2. The molecule has 0 aliphatic carbocycles. The van der Waals surface area contributed by atoms with Gasteiger partial charge < -0.3 is 0 Å². The van der Waals surface area contributed by atoms with Crippen LogP contribution in [0.4, 0.5) is 0 Å². The van der Waals surface area contributed by atoms with Gasteiger partial charge in [-0.05, 0) is 35.7 Å². The first-order valence-corrected chi connectivity index (χ1v) is 7.22. The molecule has 108 valence electrons. The summed E-state index contributed by atoms with van der Waals surface area (Å²) in [5.74, 6) is 5.54. The SMILES string of the molecule is O=C1NC(=O)c2ccc(C#Cc3ccccc3)c3cccc1c23. The Balaban J connectivity index is 1.95. The average Bonchev–Trinajstić information content (AvgIpc) is 2.59. The Kier molecular flexibility index (Phi) is 2.96. The summed E-state index contributed by atoms with van der Waals surface area (Å²) in [7, 11) is 0. The summed E-state index contributed by atoms with van der Waals surface area (Å²) >= 11 is 0. The fourth-order valence-electron chi connectivity index (χ4n) is 2.79. The van der Waals surface area contributed by atoms with E-state index in [0.29, 0.717) is 16.5 Å². The standard InChI is InChI=1S/C20H11NO2/c22-19-16-8-4-7-15-14(10-9-13-5-2-1-3-6-13)11-12-17(18(15)16)20(23)21-19/h1-8,11-12H,(H,21,22,23). The minimum atomic E-state index is -0.360. The minimum absolute atomic E-state index is 0.360. The van der Waals surface area contributed by atoms with Crippen molar-refractivity contribution < 1.29 is 9.59 Å². The molecule has 1 aliphatic heterocycles. The third-order valence-corrected chi connectivity index (χ3v) is 3.87. The van der Waals surface area contributed by atoms with Gasteiger partial charge in [-0.25, -0.2) is 0 Å². The zero-order valence-electron chi connectivity index (χ0n) is 12.1. The molecule has 0 spiro atoms. The zero-order valence-corrected chi connectivity index (χ0v) is 12.1. The predicted molar refractivity (Wildman–Crippen MR) is 88.2 cm³/mol. The monoisotopic (exact) mass is 297 g/mol. The van der Waals surface area contributed by atoms with Crippen LogP contribution in [0, 0.1) is 11.8 Å². The van der Waals surface area contributed by atoms with Crippen LogP contribution in [0.3, 0.4) is 0 Å². The molecule has 3 aromatic rings. The smallest absolute Gasteiger partial charge is 0.258 e. The van der Waals surface area contributed by atoms with E-state index < -0.39 is 0 Å². The number of carbonyl (C=O) groups excluding carboxylic acids is 2. The van der Waals surface area contributed by atoms with Crippen molar-refractivity contribution in [2.45, 2.75) is 0 Å². The van der Waals surface area contributed by atoms with Crippen LogP contribution >= 0.6 is 0 Å². The minimum Gasteiger partial charge on any atom is -0.288 e. The van der Waals surface area contributed by atoms with Crippen molar-refractivity contribution in [1.29, 1.82) is 0 Å². The maximum Gasteiger partial charge on any atom is 0.258 e. The van der Waals surface area contributed by atoms with Crippen molar-refractivity contribution in [3.63, 3.8) is 0 Å². The maximum absolute atomic E-state index is 12.0. The van der Waals surface area contributed by atoms with Crippen molar-refractivity contribution in [3.05, 3.63) is 82.9 Å². The van der Waals surface area contributed by atoms with Crippen LogP contribution in [-0.4, -0.2) is 11.8 Å². The zero-order chi connectivity index (χ0) is 15.8. The van der Waals surface area contributed by atoms with Crippen LogP contribution in [-0.2, 0) is 0 Å². The Bertz CT molecular complexity index is 1000. The highest BCUT2D eigenvalue weighted by atomic mass is 16.2. The van der Waals surface area contributed by atoms with E-state index in [9.17, 15) is 9.59 Å². The quantitative estimate of drug-likeness (QED) is 0.512. The topological polar surface area (TPSA) is 46.2 Å². The first-order valence-electron chi connectivity index (χ1n) is 7.22. The number of benzene rings is 3. The molecule has 3 aromatic carbocycles. The number of nitrogens with one attached hydrogen (secondary N) is 1. The van der Waals surface area contributed by atoms with Crippen LogP contribution in [0.15, 0.2) is 60.7 Å². The lowest BCUT2D eigenvalue weighted by atomic mass is 9.92. The second-order valence-electron chi connectivity index (χ2n) is 5.29. The third kappa shape index (κ3) is 2.18. The van der Waals surface area contributed by atoms with E-state index in [1.807, 2.05) is 48.5 Å². The van der Waals surface area contributed by atoms with Crippen molar-refractivity contribution in [2.75, 3.05) is 0 Å². The lowest BCUT2D eigenvalue weighted by Crippen LogP contribution is -2.34. The molecule has 0 saturated heterocycles. The van der Waals surface area contributed by atoms with Gasteiger partial charge in [0, 0.05) is 27.6 Å². The highest BCUT2D eigenvalue weighted by molar-refractivity contribution is 6.26. The van der Waals surface area contributed by atoms with Gasteiger partial charge in [0.25, 0.3) is 11.8 Å². The molecule has 3 heteroatoms.